The molecule has 4 heteroatoms. The molecule has 0 saturated carbocycles. The number of halogens is 3. The van der Waals surface area contributed by atoms with Crippen molar-refractivity contribution in [3.63, 3.8) is 0 Å². The van der Waals surface area contributed by atoms with Crippen molar-refractivity contribution in [2.75, 3.05) is 0 Å². The van der Waals surface area contributed by atoms with Gasteiger partial charge in [-0.1, -0.05) is 66.0 Å². The molecule has 1 atom stereocenters. The molecule has 0 heterocycles. The molecule has 0 saturated heterocycles. The molecular formula is C17H12Br3N. The molecule has 2 N–H and O–H groups in total. The fraction of sp³-hybridized carbons (Fsp3) is 0.0588. The molecule has 0 bridgehead atoms. The van der Waals surface area contributed by atoms with Crippen molar-refractivity contribution in [3.8, 4) is 0 Å². The van der Waals surface area contributed by atoms with Crippen LogP contribution in [0.25, 0.3) is 10.8 Å². The summed E-state index contributed by atoms with van der Waals surface area (Å²) in [7, 11) is 0. The van der Waals surface area contributed by atoms with Gasteiger partial charge in [-0.2, -0.15) is 0 Å². The molecule has 0 radical (unpaired) electrons. The van der Waals surface area contributed by atoms with Crippen molar-refractivity contribution in [1.29, 1.82) is 0 Å². The van der Waals surface area contributed by atoms with Gasteiger partial charge in [0.2, 0.25) is 0 Å². The molecule has 0 amide bonds. The summed E-state index contributed by atoms with van der Waals surface area (Å²) >= 11 is 10.6. The van der Waals surface area contributed by atoms with E-state index in [0.717, 1.165) is 24.5 Å². The van der Waals surface area contributed by atoms with E-state index in [0.29, 0.717) is 0 Å². The maximum atomic E-state index is 6.45. The van der Waals surface area contributed by atoms with Gasteiger partial charge in [0.15, 0.2) is 0 Å². The lowest BCUT2D eigenvalue weighted by atomic mass is 9.97. The van der Waals surface area contributed by atoms with E-state index in [1.807, 2.05) is 18.2 Å². The minimum atomic E-state index is -0.162. The van der Waals surface area contributed by atoms with Gasteiger partial charge in [0.05, 0.1) is 6.04 Å². The summed E-state index contributed by atoms with van der Waals surface area (Å²) in [5.74, 6) is 0. The number of hydrogen-bond donors (Lipinski definition) is 1. The summed E-state index contributed by atoms with van der Waals surface area (Å²) in [5, 5.41) is 2.39. The van der Waals surface area contributed by atoms with Crippen LogP contribution in [0.5, 0.6) is 0 Å². The second-order valence-electron chi connectivity index (χ2n) is 4.89. The van der Waals surface area contributed by atoms with Crippen molar-refractivity contribution < 1.29 is 0 Å². The zero-order valence-corrected chi connectivity index (χ0v) is 15.7. The fourth-order valence-corrected chi connectivity index (χ4v) is 3.61. The van der Waals surface area contributed by atoms with Gasteiger partial charge in [-0.3, -0.25) is 0 Å². The predicted molar refractivity (Wildman–Crippen MR) is 99.5 cm³/mol. The van der Waals surface area contributed by atoms with Crippen LogP contribution < -0.4 is 5.73 Å². The lowest BCUT2D eigenvalue weighted by Gasteiger charge is -2.15. The molecule has 1 unspecified atom stereocenters. The molecule has 0 aliphatic heterocycles. The highest BCUT2D eigenvalue weighted by Crippen LogP contribution is 2.31. The van der Waals surface area contributed by atoms with Crippen LogP contribution in [0.4, 0.5) is 0 Å². The van der Waals surface area contributed by atoms with Crippen molar-refractivity contribution in [1.82, 2.24) is 0 Å². The van der Waals surface area contributed by atoms with Crippen molar-refractivity contribution >= 4 is 58.6 Å². The molecule has 0 aromatic heterocycles. The van der Waals surface area contributed by atoms with Crippen molar-refractivity contribution in [2.24, 2.45) is 5.73 Å². The highest BCUT2D eigenvalue weighted by Gasteiger charge is 2.13. The maximum Gasteiger partial charge on any atom is 0.0563 e. The third-order valence-electron chi connectivity index (χ3n) is 3.48. The lowest BCUT2D eigenvalue weighted by molar-refractivity contribution is 0.867. The summed E-state index contributed by atoms with van der Waals surface area (Å²) in [6.07, 6.45) is 0. The Morgan fingerprint density at radius 1 is 0.714 bits per heavy atom. The van der Waals surface area contributed by atoms with Crippen LogP contribution in [-0.2, 0) is 0 Å². The van der Waals surface area contributed by atoms with E-state index in [4.69, 9.17) is 5.73 Å². The second-order valence-corrected chi connectivity index (χ2v) is 7.58. The number of rotatable bonds is 2. The SMILES string of the molecule is NC(c1ccc2cc(Br)ccc2c1)c1cc(Br)ccc1Br. The molecule has 21 heavy (non-hydrogen) atoms. The summed E-state index contributed by atoms with van der Waals surface area (Å²) in [6.45, 7) is 0. The fourth-order valence-electron chi connectivity index (χ4n) is 2.36. The maximum absolute atomic E-state index is 6.45. The molecule has 0 fully saturated rings. The number of hydrogen-bond acceptors (Lipinski definition) is 1. The van der Waals surface area contributed by atoms with Gasteiger partial charge in [0, 0.05) is 13.4 Å². The van der Waals surface area contributed by atoms with Crippen LogP contribution in [-0.4, -0.2) is 0 Å². The van der Waals surface area contributed by atoms with Crippen LogP contribution in [0, 0.1) is 0 Å². The standard InChI is InChI=1S/C17H12Br3N/c18-13-4-3-10-7-12(2-1-11(10)8-13)17(21)15-9-14(19)5-6-16(15)20/h1-9,17H,21H2. The van der Waals surface area contributed by atoms with E-state index in [9.17, 15) is 0 Å². The van der Waals surface area contributed by atoms with Crippen LogP contribution in [0.2, 0.25) is 0 Å². The molecule has 106 valence electrons. The van der Waals surface area contributed by atoms with Crippen LogP contribution in [0.1, 0.15) is 17.2 Å². The van der Waals surface area contributed by atoms with Gasteiger partial charge in [-0.05, 0) is 58.3 Å². The van der Waals surface area contributed by atoms with E-state index in [-0.39, 0.29) is 6.04 Å². The highest BCUT2D eigenvalue weighted by atomic mass is 79.9. The zero-order chi connectivity index (χ0) is 15.0. The summed E-state index contributed by atoms with van der Waals surface area (Å²) in [4.78, 5) is 0. The van der Waals surface area contributed by atoms with Crippen LogP contribution in [0.15, 0.2) is 68.0 Å². The van der Waals surface area contributed by atoms with E-state index in [1.54, 1.807) is 0 Å². The minimum Gasteiger partial charge on any atom is -0.320 e. The van der Waals surface area contributed by atoms with E-state index < -0.39 is 0 Å². The van der Waals surface area contributed by atoms with Crippen LogP contribution in [0.3, 0.4) is 0 Å². The zero-order valence-electron chi connectivity index (χ0n) is 11.0. The number of fused-ring (bicyclic) bond motifs is 1. The molecule has 3 aromatic carbocycles. The van der Waals surface area contributed by atoms with Gasteiger partial charge in [0.25, 0.3) is 0 Å². The lowest BCUT2D eigenvalue weighted by Crippen LogP contribution is -2.12. The Kier molecular flexibility index (Phi) is 4.50. The number of benzene rings is 3. The van der Waals surface area contributed by atoms with E-state index in [2.05, 4.69) is 84.2 Å². The second kappa shape index (κ2) is 6.21. The van der Waals surface area contributed by atoms with E-state index >= 15 is 0 Å². The van der Waals surface area contributed by atoms with Gasteiger partial charge < -0.3 is 5.73 Å². The Labute approximate surface area is 148 Å². The van der Waals surface area contributed by atoms with Gasteiger partial charge >= 0.3 is 0 Å². The molecule has 3 aromatic rings. The Morgan fingerprint density at radius 2 is 1.33 bits per heavy atom. The molecular weight excluding hydrogens is 458 g/mol. The quantitative estimate of drug-likeness (QED) is 0.476. The Balaban J connectivity index is 2.07. The summed E-state index contributed by atoms with van der Waals surface area (Å²) in [5.41, 5.74) is 8.62. The average molecular weight is 470 g/mol. The number of nitrogens with two attached hydrogens (primary N) is 1. The molecule has 1 nitrogen and oxygen atoms in total. The Morgan fingerprint density at radius 3 is 2.14 bits per heavy atom. The Hall–Kier alpha value is -0.680. The average Bonchev–Trinajstić information content (AvgIpc) is 2.48. The first-order valence-corrected chi connectivity index (χ1v) is 8.82. The highest BCUT2D eigenvalue weighted by molar-refractivity contribution is 9.11. The van der Waals surface area contributed by atoms with Gasteiger partial charge in [0.1, 0.15) is 0 Å². The first-order valence-electron chi connectivity index (χ1n) is 6.44. The van der Waals surface area contributed by atoms with Crippen LogP contribution >= 0.6 is 47.8 Å². The molecule has 0 aliphatic rings. The topological polar surface area (TPSA) is 26.0 Å². The molecule has 3 rings (SSSR count). The molecule has 0 spiro atoms. The summed E-state index contributed by atoms with van der Waals surface area (Å²) in [6, 6.07) is 18.5. The third kappa shape index (κ3) is 3.24. The van der Waals surface area contributed by atoms with Gasteiger partial charge in [-0.25, -0.2) is 0 Å². The predicted octanol–water partition coefficient (Wildman–Crippen LogP) is 6.18. The van der Waals surface area contributed by atoms with Gasteiger partial charge in [-0.15, -0.1) is 0 Å². The van der Waals surface area contributed by atoms with Crippen molar-refractivity contribution in [2.45, 2.75) is 6.04 Å². The largest absolute Gasteiger partial charge is 0.320 e. The monoisotopic (exact) mass is 467 g/mol. The summed E-state index contributed by atoms with van der Waals surface area (Å²) < 4.78 is 3.14. The Bertz CT molecular complexity index is 814. The normalized spacial score (nSPS) is 12.6. The van der Waals surface area contributed by atoms with Crippen molar-refractivity contribution in [3.05, 3.63) is 79.1 Å². The third-order valence-corrected chi connectivity index (χ3v) is 5.19. The first-order chi connectivity index (χ1) is 10.0. The smallest absolute Gasteiger partial charge is 0.0563 e. The van der Waals surface area contributed by atoms with E-state index in [1.165, 1.54) is 10.8 Å². The minimum absolute atomic E-state index is 0.162. The molecule has 0 aliphatic carbocycles. The first kappa shape index (κ1) is 15.2.